The van der Waals surface area contributed by atoms with E-state index in [1.165, 1.54) is 0 Å². The number of rotatable bonds is 8. The molecule has 0 bridgehead atoms. The number of amides is 1. The summed E-state index contributed by atoms with van der Waals surface area (Å²) in [7, 11) is 1.66. The highest BCUT2D eigenvalue weighted by Gasteiger charge is 2.33. The summed E-state index contributed by atoms with van der Waals surface area (Å²) in [6.45, 7) is 9.60. The van der Waals surface area contributed by atoms with Crippen molar-refractivity contribution in [1.29, 1.82) is 0 Å². The first-order chi connectivity index (χ1) is 7.94. The second-order valence-corrected chi connectivity index (χ2v) is 5.05. The SMILES string of the molecule is CCC(CC)N(CCOC)C(=O)C(C)(C)CN. The highest BCUT2D eigenvalue weighted by molar-refractivity contribution is 5.82. The monoisotopic (exact) mass is 244 g/mol. The maximum atomic E-state index is 12.5. The largest absolute Gasteiger partial charge is 0.383 e. The lowest BCUT2D eigenvalue weighted by atomic mass is 9.90. The van der Waals surface area contributed by atoms with Crippen molar-refractivity contribution in [2.75, 3.05) is 26.8 Å². The van der Waals surface area contributed by atoms with E-state index in [-0.39, 0.29) is 11.9 Å². The molecule has 0 spiro atoms. The number of carbonyl (C=O) groups is 1. The van der Waals surface area contributed by atoms with E-state index in [9.17, 15) is 4.79 Å². The maximum absolute atomic E-state index is 12.5. The number of methoxy groups -OCH3 is 1. The first-order valence-electron chi connectivity index (χ1n) is 6.44. The van der Waals surface area contributed by atoms with Crippen molar-refractivity contribution in [3.63, 3.8) is 0 Å². The van der Waals surface area contributed by atoms with Gasteiger partial charge in [0.05, 0.1) is 12.0 Å². The van der Waals surface area contributed by atoms with Crippen LogP contribution in [0.25, 0.3) is 0 Å². The Hall–Kier alpha value is -0.610. The minimum atomic E-state index is -0.490. The van der Waals surface area contributed by atoms with E-state index < -0.39 is 5.41 Å². The van der Waals surface area contributed by atoms with Gasteiger partial charge in [0, 0.05) is 26.2 Å². The first-order valence-corrected chi connectivity index (χ1v) is 6.44. The smallest absolute Gasteiger partial charge is 0.229 e. The van der Waals surface area contributed by atoms with E-state index in [2.05, 4.69) is 13.8 Å². The van der Waals surface area contributed by atoms with Gasteiger partial charge < -0.3 is 15.4 Å². The van der Waals surface area contributed by atoms with Gasteiger partial charge in [-0.05, 0) is 26.7 Å². The van der Waals surface area contributed by atoms with Crippen LogP contribution in [0, 0.1) is 5.41 Å². The van der Waals surface area contributed by atoms with Gasteiger partial charge in [0.25, 0.3) is 0 Å². The number of carbonyl (C=O) groups excluding carboxylic acids is 1. The molecule has 1 amide bonds. The van der Waals surface area contributed by atoms with Crippen LogP contribution in [0.3, 0.4) is 0 Å². The predicted octanol–water partition coefficient (Wildman–Crippen LogP) is 1.63. The number of ether oxygens (including phenoxy) is 1. The van der Waals surface area contributed by atoms with Crippen LogP contribution in [-0.2, 0) is 9.53 Å². The van der Waals surface area contributed by atoms with Crippen LogP contribution in [0.5, 0.6) is 0 Å². The number of hydrogen-bond acceptors (Lipinski definition) is 3. The van der Waals surface area contributed by atoms with Crippen molar-refractivity contribution in [2.24, 2.45) is 11.1 Å². The third kappa shape index (κ3) is 4.64. The Labute approximate surface area is 105 Å². The van der Waals surface area contributed by atoms with Crippen molar-refractivity contribution in [1.82, 2.24) is 4.90 Å². The van der Waals surface area contributed by atoms with Crippen molar-refractivity contribution >= 4 is 5.91 Å². The van der Waals surface area contributed by atoms with E-state index in [0.717, 1.165) is 12.8 Å². The summed E-state index contributed by atoms with van der Waals surface area (Å²) in [5.41, 5.74) is 5.19. The van der Waals surface area contributed by atoms with Gasteiger partial charge in [-0.1, -0.05) is 13.8 Å². The van der Waals surface area contributed by atoms with Crippen LogP contribution < -0.4 is 5.73 Å². The highest BCUT2D eigenvalue weighted by atomic mass is 16.5. The Morgan fingerprint density at radius 3 is 2.24 bits per heavy atom. The molecule has 0 radical (unpaired) electrons. The molecule has 0 aliphatic carbocycles. The zero-order valence-electron chi connectivity index (χ0n) is 12.0. The molecule has 0 aliphatic heterocycles. The quantitative estimate of drug-likeness (QED) is 0.706. The Morgan fingerprint density at radius 2 is 1.88 bits per heavy atom. The summed E-state index contributed by atoms with van der Waals surface area (Å²) in [5, 5.41) is 0. The van der Waals surface area contributed by atoms with E-state index in [0.29, 0.717) is 19.7 Å². The standard InChI is InChI=1S/C13H28N2O2/c1-6-11(7-2)15(8-9-17-5)12(16)13(3,4)10-14/h11H,6-10,14H2,1-5H3. The second-order valence-electron chi connectivity index (χ2n) is 5.05. The molecule has 0 rings (SSSR count). The topological polar surface area (TPSA) is 55.6 Å². The summed E-state index contributed by atoms with van der Waals surface area (Å²) in [6.07, 6.45) is 1.93. The van der Waals surface area contributed by atoms with Crippen LogP contribution in [-0.4, -0.2) is 43.7 Å². The van der Waals surface area contributed by atoms with Gasteiger partial charge >= 0.3 is 0 Å². The highest BCUT2D eigenvalue weighted by Crippen LogP contribution is 2.21. The molecule has 17 heavy (non-hydrogen) atoms. The number of nitrogens with zero attached hydrogens (tertiary/aromatic N) is 1. The molecule has 0 aromatic carbocycles. The molecule has 0 aromatic heterocycles. The van der Waals surface area contributed by atoms with Crippen LogP contribution in [0.2, 0.25) is 0 Å². The lowest BCUT2D eigenvalue weighted by Crippen LogP contribution is -2.50. The lowest BCUT2D eigenvalue weighted by Gasteiger charge is -2.36. The molecule has 2 N–H and O–H groups in total. The Bertz CT molecular complexity index is 225. The minimum absolute atomic E-state index is 0.130. The molecule has 4 heteroatoms. The zero-order chi connectivity index (χ0) is 13.5. The van der Waals surface area contributed by atoms with Crippen molar-refractivity contribution in [2.45, 2.75) is 46.6 Å². The number of nitrogens with two attached hydrogens (primary N) is 1. The molecule has 0 heterocycles. The molecule has 0 unspecified atom stereocenters. The van der Waals surface area contributed by atoms with Crippen molar-refractivity contribution < 1.29 is 9.53 Å². The van der Waals surface area contributed by atoms with Gasteiger partial charge in [-0.3, -0.25) is 4.79 Å². The molecule has 0 saturated heterocycles. The molecular weight excluding hydrogens is 216 g/mol. The Balaban J connectivity index is 4.83. The average Bonchev–Trinajstić information content (AvgIpc) is 2.33. The number of hydrogen-bond donors (Lipinski definition) is 1. The summed E-state index contributed by atoms with van der Waals surface area (Å²) in [5.74, 6) is 0.130. The molecular formula is C13H28N2O2. The molecule has 4 nitrogen and oxygen atoms in total. The first kappa shape index (κ1) is 16.4. The third-order valence-corrected chi connectivity index (χ3v) is 3.27. The fourth-order valence-corrected chi connectivity index (χ4v) is 1.85. The van der Waals surface area contributed by atoms with Gasteiger partial charge in [-0.25, -0.2) is 0 Å². The van der Waals surface area contributed by atoms with E-state index in [4.69, 9.17) is 10.5 Å². The fourth-order valence-electron chi connectivity index (χ4n) is 1.85. The van der Waals surface area contributed by atoms with Gasteiger partial charge in [0.2, 0.25) is 5.91 Å². The molecule has 0 aliphatic rings. The van der Waals surface area contributed by atoms with Crippen molar-refractivity contribution in [3.05, 3.63) is 0 Å². The normalized spacial score (nSPS) is 11.9. The van der Waals surface area contributed by atoms with Crippen molar-refractivity contribution in [3.8, 4) is 0 Å². The Kier molecular flexibility index (Phi) is 7.39. The van der Waals surface area contributed by atoms with Crippen LogP contribution in [0.1, 0.15) is 40.5 Å². The minimum Gasteiger partial charge on any atom is -0.383 e. The van der Waals surface area contributed by atoms with Crippen LogP contribution in [0.4, 0.5) is 0 Å². The summed E-state index contributed by atoms with van der Waals surface area (Å²) < 4.78 is 5.08. The lowest BCUT2D eigenvalue weighted by molar-refractivity contribution is -0.143. The van der Waals surface area contributed by atoms with Gasteiger partial charge in [0.15, 0.2) is 0 Å². The zero-order valence-corrected chi connectivity index (χ0v) is 12.0. The molecule has 0 fully saturated rings. The average molecular weight is 244 g/mol. The fraction of sp³-hybridized carbons (Fsp3) is 0.923. The molecule has 102 valence electrons. The second kappa shape index (κ2) is 7.67. The summed E-state index contributed by atoms with van der Waals surface area (Å²) >= 11 is 0. The third-order valence-electron chi connectivity index (χ3n) is 3.27. The molecule has 0 saturated carbocycles. The van der Waals surface area contributed by atoms with E-state index in [1.807, 2.05) is 18.7 Å². The maximum Gasteiger partial charge on any atom is 0.229 e. The molecule has 0 atom stereocenters. The Morgan fingerprint density at radius 1 is 1.35 bits per heavy atom. The summed E-state index contributed by atoms with van der Waals surface area (Å²) in [4.78, 5) is 14.4. The van der Waals surface area contributed by atoms with E-state index in [1.54, 1.807) is 7.11 Å². The summed E-state index contributed by atoms with van der Waals surface area (Å²) in [6, 6.07) is 0.281. The predicted molar refractivity (Wildman–Crippen MR) is 70.8 cm³/mol. The van der Waals surface area contributed by atoms with Gasteiger partial charge in [-0.15, -0.1) is 0 Å². The molecule has 0 aromatic rings. The van der Waals surface area contributed by atoms with Gasteiger partial charge in [0.1, 0.15) is 0 Å². The van der Waals surface area contributed by atoms with Gasteiger partial charge in [-0.2, -0.15) is 0 Å². The van der Waals surface area contributed by atoms with E-state index >= 15 is 0 Å². The van der Waals surface area contributed by atoms with Crippen LogP contribution >= 0.6 is 0 Å². The van der Waals surface area contributed by atoms with Crippen LogP contribution in [0.15, 0.2) is 0 Å².